The quantitative estimate of drug-likeness (QED) is 0.813. The van der Waals surface area contributed by atoms with E-state index < -0.39 is 17.6 Å². The SMILES string of the molecule is CN(C)c1ccc(C(=O)OCc2cc(F)cc(F)c2)nc1. The number of anilines is 1. The molecule has 0 aliphatic rings. The Morgan fingerprint density at radius 3 is 2.38 bits per heavy atom. The molecule has 0 bridgehead atoms. The first-order valence-electron chi connectivity index (χ1n) is 6.21. The molecule has 110 valence electrons. The monoisotopic (exact) mass is 292 g/mol. The van der Waals surface area contributed by atoms with Crippen LogP contribution in [0.5, 0.6) is 0 Å². The van der Waals surface area contributed by atoms with E-state index in [1.54, 1.807) is 12.3 Å². The van der Waals surface area contributed by atoms with Crippen LogP contribution in [0, 0.1) is 11.6 Å². The maximum absolute atomic E-state index is 13.0. The van der Waals surface area contributed by atoms with Crippen molar-refractivity contribution in [3.63, 3.8) is 0 Å². The largest absolute Gasteiger partial charge is 0.456 e. The zero-order valence-electron chi connectivity index (χ0n) is 11.6. The topological polar surface area (TPSA) is 42.4 Å². The molecule has 0 aliphatic heterocycles. The fourth-order valence-corrected chi connectivity index (χ4v) is 1.69. The van der Waals surface area contributed by atoms with E-state index in [2.05, 4.69) is 4.98 Å². The first kappa shape index (κ1) is 14.9. The Kier molecular flexibility index (Phi) is 4.47. The molecule has 2 aromatic rings. The van der Waals surface area contributed by atoms with Gasteiger partial charge in [0, 0.05) is 20.2 Å². The predicted molar refractivity (Wildman–Crippen MR) is 74.0 cm³/mol. The number of carbonyl (C=O) groups excluding carboxylic acids is 1. The molecular formula is C15H14F2N2O2. The van der Waals surface area contributed by atoms with Gasteiger partial charge in [0.25, 0.3) is 0 Å². The van der Waals surface area contributed by atoms with Gasteiger partial charge in [0.1, 0.15) is 23.9 Å². The van der Waals surface area contributed by atoms with Crippen molar-refractivity contribution in [2.24, 2.45) is 0 Å². The first-order chi connectivity index (χ1) is 9.95. The summed E-state index contributed by atoms with van der Waals surface area (Å²) in [7, 11) is 3.71. The number of benzene rings is 1. The number of ether oxygens (including phenoxy) is 1. The minimum atomic E-state index is -0.713. The van der Waals surface area contributed by atoms with Crippen LogP contribution in [0.1, 0.15) is 16.1 Å². The van der Waals surface area contributed by atoms with E-state index in [4.69, 9.17) is 4.74 Å². The lowest BCUT2D eigenvalue weighted by Crippen LogP contribution is -2.11. The van der Waals surface area contributed by atoms with Crippen LogP contribution in [-0.2, 0) is 11.3 Å². The van der Waals surface area contributed by atoms with E-state index in [9.17, 15) is 13.6 Å². The lowest BCUT2D eigenvalue weighted by Gasteiger charge is -2.11. The molecule has 1 heterocycles. The number of halogens is 2. The highest BCUT2D eigenvalue weighted by atomic mass is 19.1. The minimum Gasteiger partial charge on any atom is -0.456 e. The highest BCUT2D eigenvalue weighted by Crippen LogP contribution is 2.12. The molecule has 1 aromatic heterocycles. The van der Waals surface area contributed by atoms with Gasteiger partial charge in [-0.05, 0) is 29.8 Å². The van der Waals surface area contributed by atoms with Crippen LogP contribution in [0.15, 0.2) is 36.5 Å². The average Bonchev–Trinajstić information content (AvgIpc) is 2.44. The fraction of sp³-hybridized carbons (Fsp3) is 0.200. The third-order valence-corrected chi connectivity index (χ3v) is 2.77. The lowest BCUT2D eigenvalue weighted by molar-refractivity contribution is 0.0465. The second kappa shape index (κ2) is 6.30. The van der Waals surface area contributed by atoms with Crippen LogP contribution in [-0.4, -0.2) is 25.0 Å². The third-order valence-electron chi connectivity index (χ3n) is 2.77. The summed E-state index contributed by atoms with van der Waals surface area (Å²) in [6.07, 6.45) is 1.54. The van der Waals surface area contributed by atoms with Crippen LogP contribution in [0.3, 0.4) is 0 Å². The van der Waals surface area contributed by atoms with Crippen LogP contribution in [0.2, 0.25) is 0 Å². The Labute approximate surface area is 121 Å². The molecule has 0 atom stereocenters. The fourth-order valence-electron chi connectivity index (χ4n) is 1.69. The van der Waals surface area contributed by atoms with E-state index in [1.807, 2.05) is 19.0 Å². The average molecular weight is 292 g/mol. The molecule has 0 saturated carbocycles. The second-order valence-electron chi connectivity index (χ2n) is 4.65. The number of pyridine rings is 1. The van der Waals surface area contributed by atoms with Gasteiger partial charge in [0.05, 0.1) is 11.9 Å². The number of aromatic nitrogens is 1. The number of hydrogen-bond acceptors (Lipinski definition) is 4. The van der Waals surface area contributed by atoms with Crippen LogP contribution in [0.4, 0.5) is 14.5 Å². The molecule has 0 fully saturated rings. The zero-order valence-corrected chi connectivity index (χ0v) is 11.6. The first-order valence-corrected chi connectivity index (χ1v) is 6.21. The van der Waals surface area contributed by atoms with Crippen LogP contribution < -0.4 is 4.90 Å². The lowest BCUT2D eigenvalue weighted by atomic mass is 10.2. The highest BCUT2D eigenvalue weighted by molar-refractivity contribution is 5.87. The Morgan fingerprint density at radius 2 is 1.86 bits per heavy atom. The maximum atomic E-state index is 13.0. The summed E-state index contributed by atoms with van der Waals surface area (Å²) in [5.74, 6) is -2.08. The van der Waals surface area contributed by atoms with Crippen molar-refractivity contribution >= 4 is 11.7 Å². The van der Waals surface area contributed by atoms with E-state index in [-0.39, 0.29) is 17.9 Å². The summed E-state index contributed by atoms with van der Waals surface area (Å²) >= 11 is 0. The molecule has 0 N–H and O–H groups in total. The molecule has 0 amide bonds. The summed E-state index contributed by atoms with van der Waals surface area (Å²) in [6.45, 7) is -0.218. The Morgan fingerprint density at radius 1 is 1.19 bits per heavy atom. The molecule has 0 radical (unpaired) electrons. The number of rotatable bonds is 4. The third kappa shape index (κ3) is 3.98. The molecule has 1 aromatic carbocycles. The van der Waals surface area contributed by atoms with Gasteiger partial charge >= 0.3 is 5.97 Å². The van der Waals surface area contributed by atoms with Gasteiger partial charge in [0.2, 0.25) is 0 Å². The molecule has 4 nitrogen and oxygen atoms in total. The minimum absolute atomic E-state index is 0.137. The van der Waals surface area contributed by atoms with Crippen molar-refractivity contribution in [3.05, 3.63) is 59.4 Å². The van der Waals surface area contributed by atoms with E-state index in [0.29, 0.717) is 0 Å². The predicted octanol–water partition coefficient (Wildman–Crippen LogP) is 2.78. The molecule has 0 spiro atoms. The Balaban J connectivity index is 2.01. The van der Waals surface area contributed by atoms with Crippen LogP contribution >= 0.6 is 0 Å². The van der Waals surface area contributed by atoms with Gasteiger partial charge in [-0.2, -0.15) is 0 Å². The number of esters is 1. The molecule has 6 heteroatoms. The summed E-state index contributed by atoms with van der Waals surface area (Å²) in [4.78, 5) is 17.6. The summed E-state index contributed by atoms with van der Waals surface area (Å²) in [5.41, 5.74) is 1.22. The molecule has 0 unspecified atom stereocenters. The van der Waals surface area contributed by atoms with Crippen molar-refractivity contribution in [1.29, 1.82) is 0 Å². The van der Waals surface area contributed by atoms with Crippen molar-refractivity contribution < 1.29 is 18.3 Å². The second-order valence-corrected chi connectivity index (χ2v) is 4.65. The van der Waals surface area contributed by atoms with Gasteiger partial charge in [0.15, 0.2) is 0 Å². The van der Waals surface area contributed by atoms with E-state index in [1.165, 1.54) is 6.07 Å². The highest BCUT2D eigenvalue weighted by Gasteiger charge is 2.10. The Hall–Kier alpha value is -2.50. The van der Waals surface area contributed by atoms with Gasteiger partial charge in [-0.25, -0.2) is 18.6 Å². The van der Waals surface area contributed by atoms with Crippen molar-refractivity contribution in [2.45, 2.75) is 6.61 Å². The number of nitrogens with zero attached hydrogens (tertiary/aromatic N) is 2. The van der Waals surface area contributed by atoms with Gasteiger partial charge in [-0.15, -0.1) is 0 Å². The molecule has 2 rings (SSSR count). The summed E-state index contributed by atoms with van der Waals surface area (Å²) in [5, 5.41) is 0. The number of carbonyl (C=O) groups is 1. The Bertz CT molecular complexity index is 622. The normalized spacial score (nSPS) is 10.3. The molecule has 0 saturated heterocycles. The molecular weight excluding hydrogens is 278 g/mol. The molecule has 0 aliphatic carbocycles. The van der Waals surface area contributed by atoms with Crippen LogP contribution in [0.25, 0.3) is 0 Å². The zero-order chi connectivity index (χ0) is 15.4. The number of hydrogen-bond donors (Lipinski definition) is 0. The van der Waals surface area contributed by atoms with E-state index in [0.717, 1.165) is 23.9 Å². The van der Waals surface area contributed by atoms with Gasteiger partial charge < -0.3 is 9.64 Å². The maximum Gasteiger partial charge on any atom is 0.357 e. The van der Waals surface area contributed by atoms with Crippen molar-refractivity contribution in [3.8, 4) is 0 Å². The smallest absolute Gasteiger partial charge is 0.357 e. The standard InChI is InChI=1S/C15H14F2N2O2/c1-19(2)13-3-4-14(18-8-13)15(20)21-9-10-5-11(16)7-12(17)6-10/h3-8H,9H2,1-2H3. The van der Waals surface area contributed by atoms with Crippen molar-refractivity contribution in [2.75, 3.05) is 19.0 Å². The summed E-state index contributed by atoms with van der Waals surface area (Å²) < 4.78 is 31.0. The van der Waals surface area contributed by atoms with E-state index >= 15 is 0 Å². The van der Waals surface area contributed by atoms with Gasteiger partial charge in [-0.1, -0.05) is 0 Å². The summed E-state index contributed by atoms with van der Waals surface area (Å²) in [6, 6.07) is 6.24. The molecule has 21 heavy (non-hydrogen) atoms. The van der Waals surface area contributed by atoms with Crippen molar-refractivity contribution in [1.82, 2.24) is 4.98 Å². The van der Waals surface area contributed by atoms with Gasteiger partial charge in [-0.3, -0.25) is 0 Å².